The molecule has 2 nitrogen and oxygen atoms in total. The summed E-state index contributed by atoms with van der Waals surface area (Å²) in [5.41, 5.74) is 1.57. The number of pyridine rings is 1. The smallest absolute Gasteiger partial charge is 0.169 e. The Morgan fingerprint density at radius 3 is 2.53 bits per heavy atom. The van der Waals surface area contributed by atoms with E-state index in [2.05, 4.69) is 4.98 Å². The van der Waals surface area contributed by atoms with Crippen molar-refractivity contribution in [3.63, 3.8) is 0 Å². The second-order valence-electron chi connectivity index (χ2n) is 4.45. The lowest BCUT2D eigenvalue weighted by Gasteiger charge is -2.05. The Hall–Kier alpha value is -2.48. The second-order valence-corrected chi connectivity index (χ2v) is 4.45. The van der Waals surface area contributed by atoms with E-state index in [-0.39, 0.29) is 5.78 Å². The standard InChI is InChI=1S/C17H13NO/c19-17(12-14-8-3-4-11-18-14)16-10-5-7-13-6-1-2-9-15(13)16/h1-11H,12H2. The van der Waals surface area contributed by atoms with E-state index in [1.54, 1.807) is 6.20 Å². The highest BCUT2D eigenvalue weighted by molar-refractivity contribution is 6.08. The van der Waals surface area contributed by atoms with E-state index in [0.29, 0.717) is 6.42 Å². The van der Waals surface area contributed by atoms with Crippen LogP contribution in [0.5, 0.6) is 0 Å². The van der Waals surface area contributed by atoms with Crippen molar-refractivity contribution in [3.05, 3.63) is 78.1 Å². The molecule has 0 aliphatic heterocycles. The average molecular weight is 247 g/mol. The van der Waals surface area contributed by atoms with Gasteiger partial charge in [0.15, 0.2) is 5.78 Å². The zero-order valence-electron chi connectivity index (χ0n) is 10.4. The third kappa shape index (κ3) is 2.38. The highest BCUT2D eigenvalue weighted by Crippen LogP contribution is 2.19. The molecular formula is C17H13NO. The third-order valence-corrected chi connectivity index (χ3v) is 3.16. The number of fused-ring (bicyclic) bond motifs is 1. The molecule has 2 heteroatoms. The van der Waals surface area contributed by atoms with Crippen LogP contribution in [0.2, 0.25) is 0 Å². The molecule has 1 heterocycles. The fourth-order valence-corrected chi connectivity index (χ4v) is 2.23. The Kier molecular flexibility index (Phi) is 3.07. The van der Waals surface area contributed by atoms with Crippen molar-refractivity contribution in [2.45, 2.75) is 6.42 Å². The Bertz CT molecular complexity index is 714. The van der Waals surface area contributed by atoms with E-state index < -0.39 is 0 Å². The molecule has 0 fully saturated rings. The molecular weight excluding hydrogens is 234 g/mol. The highest BCUT2D eigenvalue weighted by Gasteiger charge is 2.10. The van der Waals surface area contributed by atoms with Crippen LogP contribution in [-0.2, 0) is 6.42 Å². The first-order valence-electron chi connectivity index (χ1n) is 6.25. The van der Waals surface area contributed by atoms with Gasteiger partial charge in [0.2, 0.25) is 0 Å². The van der Waals surface area contributed by atoms with Crippen LogP contribution in [0, 0.1) is 0 Å². The number of carbonyl (C=O) groups is 1. The van der Waals surface area contributed by atoms with Gasteiger partial charge in [0.1, 0.15) is 0 Å². The third-order valence-electron chi connectivity index (χ3n) is 3.16. The second kappa shape index (κ2) is 5.02. The van der Waals surface area contributed by atoms with Gasteiger partial charge in [0, 0.05) is 17.5 Å². The molecule has 2 aromatic carbocycles. The maximum Gasteiger partial charge on any atom is 0.169 e. The first-order valence-corrected chi connectivity index (χ1v) is 6.25. The zero-order valence-corrected chi connectivity index (χ0v) is 10.4. The van der Waals surface area contributed by atoms with Gasteiger partial charge < -0.3 is 0 Å². The number of ketones is 1. The molecule has 0 atom stereocenters. The van der Waals surface area contributed by atoms with E-state index in [4.69, 9.17) is 0 Å². The summed E-state index contributed by atoms with van der Waals surface area (Å²) in [6.45, 7) is 0. The topological polar surface area (TPSA) is 30.0 Å². The van der Waals surface area contributed by atoms with Gasteiger partial charge in [-0.25, -0.2) is 0 Å². The minimum absolute atomic E-state index is 0.107. The minimum Gasteiger partial charge on any atom is -0.294 e. The lowest BCUT2D eigenvalue weighted by molar-refractivity contribution is 0.0993. The maximum atomic E-state index is 12.4. The zero-order chi connectivity index (χ0) is 13.1. The van der Waals surface area contributed by atoms with Crippen molar-refractivity contribution in [1.29, 1.82) is 0 Å². The fraction of sp³-hybridized carbons (Fsp3) is 0.0588. The van der Waals surface area contributed by atoms with Crippen LogP contribution in [0.4, 0.5) is 0 Å². The van der Waals surface area contributed by atoms with E-state index in [0.717, 1.165) is 22.0 Å². The summed E-state index contributed by atoms with van der Waals surface area (Å²) in [7, 11) is 0. The number of aromatic nitrogens is 1. The maximum absolute atomic E-state index is 12.4. The largest absolute Gasteiger partial charge is 0.294 e. The van der Waals surface area contributed by atoms with Crippen LogP contribution in [0.1, 0.15) is 16.1 Å². The Morgan fingerprint density at radius 1 is 0.895 bits per heavy atom. The summed E-state index contributed by atoms with van der Waals surface area (Å²) in [4.78, 5) is 16.6. The monoisotopic (exact) mass is 247 g/mol. The van der Waals surface area contributed by atoms with Crippen LogP contribution < -0.4 is 0 Å². The Labute approximate surface area is 111 Å². The summed E-state index contributed by atoms with van der Waals surface area (Å²) in [6, 6.07) is 19.4. The van der Waals surface area contributed by atoms with Crippen molar-refractivity contribution in [2.24, 2.45) is 0 Å². The van der Waals surface area contributed by atoms with Gasteiger partial charge in [-0.05, 0) is 22.9 Å². The van der Waals surface area contributed by atoms with E-state index in [1.165, 1.54) is 0 Å². The molecule has 19 heavy (non-hydrogen) atoms. The number of rotatable bonds is 3. The summed E-state index contributed by atoms with van der Waals surface area (Å²) >= 11 is 0. The van der Waals surface area contributed by atoms with Crippen LogP contribution in [0.25, 0.3) is 10.8 Å². The van der Waals surface area contributed by atoms with Crippen LogP contribution >= 0.6 is 0 Å². The molecule has 0 saturated heterocycles. The number of carbonyl (C=O) groups excluding carboxylic acids is 1. The summed E-state index contributed by atoms with van der Waals surface area (Å²) in [6.07, 6.45) is 2.06. The summed E-state index contributed by atoms with van der Waals surface area (Å²) in [5, 5.41) is 2.10. The van der Waals surface area contributed by atoms with Crippen molar-refractivity contribution in [3.8, 4) is 0 Å². The van der Waals surface area contributed by atoms with E-state index in [1.807, 2.05) is 60.7 Å². The molecule has 0 unspecified atom stereocenters. The van der Waals surface area contributed by atoms with E-state index in [9.17, 15) is 4.79 Å². The molecule has 0 saturated carbocycles. The van der Waals surface area contributed by atoms with Crippen LogP contribution in [0.15, 0.2) is 66.9 Å². The van der Waals surface area contributed by atoms with Crippen LogP contribution in [0.3, 0.4) is 0 Å². The molecule has 0 aliphatic carbocycles. The van der Waals surface area contributed by atoms with Crippen molar-refractivity contribution >= 4 is 16.6 Å². The van der Waals surface area contributed by atoms with Gasteiger partial charge in [-0.1, -0.05) is 48.5 Å². The van der Waals surface area contributed by atoms with Crippen molar-refractivity contribution < 1.29 is 4.79 Å². The van der Waals surface area contributed by atoms with Crippen molar-refractivity contribution in [1.82, 2.24) is 4.98 Å². The summed E-state index contributed by atoms with van der Waals surface area (Å²) in [5.74, 6) is 0.107. The normalized spacial score (nSPS) is 10.5. The molecule has 0 N–H and O–H groups in total. The summed E-state index contributed by atoms with van der Waals surface area (Å²) < 4.78 is 0. The van der Waals surface area contributed by atoms with Gasteiger partial charge in [-0.15, -0.1) is 0 Å². The fourth-order valence-electron chi connectivity index (χ4n) is 2.23. The lowest BCUT2D eigenvalue weighted by Crippen LogP contribution is -2.05. The van der Waals surface area contributed by atoms with Crippen LogP contribution in [-0.4, -0.2) is 10.8 Å². The first kappa shape index (κ1) is 11.6. The minimum atomic E-state index is 0.107. The molecule has 0 amide bonds. The number of Topliss-reactive ketones (excluding diaryl/α,β-unsaturated/α-hetero) is 1. The number of benzene rings is 2. The van der Waals surface area contributed by atoms with Gasteiger partial charge in [0.25, 0.3) is 0 Å². The molecule has 3 rings (SSSR count). The molecule has 0 radical (unpaired) electrons. The molecule has 0 spiro atoms. The highest BCUT2D eigenvalue weighted by atomic mass is 16.1. The van der Waals surface area contributed by atoms with Crippen molar-refractivity contribution in [2.75, 3.05) is 0 Å². The lowest BCUT2D eigenvalue weighted by atomic mass is 9.99. The number of hydrogen-bond donors (Lipinski definition) is 0. The molecule has 3 aromatic rings. The van der Waals surface area contributed by atoms with Gasteiger partial charge in [-0.3, -0.25) is 9.78 Å². The number of hydrogen-bond acceptors (Lipinski definition) is 2. The molecule has 0 aliphatic rings. The SMILES string of the molecule is O=C(Cc1ccccn1)c1cccc2ccccc12. The van der Waals surface area contributed by atoms with E-state index >= 15 is 0 Å². The number of nitrogens with zero attached hydrogens (tertiary/aromatic N) is 1. The predicted octanol–water partition coefficient (Wildman–Crippen LogP) is 3.66. The molecule has 1 aromatic heterocycles. The quantitative estimate of drug-likeness (QED) is 0.661. The van der Waals surface area contributed by atoms with Gasteiger partial charge in [-0.2, -0.15) is 0 Å². The Morgan fingerprint density at radius 2 is 1.68 bits per heavy atom. The molecule has 0 bridgehead atoms. The average Bonchev–Trinajstić information content (AvgIpc) is 2.47. The van der Waals surface area contributed by atoms with Gasteiger partial charge in [0.05, 0.1) is 6.42 Å². The first-order chi connectivity index (χ1) is 9.34. The molecule has 92 valence electrons. The van der Waals surface area contributed by atoms with Gasteiger partial charge >= 0.3 is 0 Å². The Balaban J connectivity index is 1.98. The predicted molar refractivity (Wildman–Crippen MR) is 76.2 cm³/mol.